The largest absolute Gasteiger partial charge is 0.497 e. The second-order valence-electron chi connectivity index (χ2n) is 9.29. The van der Waals surface area contributed by atoms with Crippen molar-refractivity contribution in [3.63, 3.8) is 0 Å². The molecule has 1 unspecified atom stereocenters. The summed E-state index contributed by atoms with van der Waals surface area (Å²) in [5.74, 6) is 2.40. The number of hydrogen-bond donors (Lipinski definition) is 1. The Kier molecular flexibility index (Phi) is 5.63. The second kappa shape index (κ2) is 8.95. The minimum Gasteiger partial charge on any atom is -0.497 e. The van der Waals surface area contributed by atoms with E-state index in [9.17, 15) is 5.11 Å². The van der Waals surface area contributed by atoms with E-state index >= 15 is 0 Å². The summed E-state index contributed by atoms with van der Waals surface area (Å²) in [6.45, 7) is 2.27. The topological polar surface area (TPSA) is 56.1 Å². The van der Waals surface area contributed by atoms with Gasteiger partial charge in [-0.25, -0.2) is 0 Å². The first kappa shape index (κ1) is 22.0. The lowest BCUT2D eigenvalue weighted by Gasteiger charge is -2.41. The summed E-state index contributed by atoms with van der Waals surface area (Å²) in [4.78, 5) is 2.52. The summed E-state index contributed by atoms with van der Waals surface area (Å²) >= 11 is 0. The first-order valence-corrected chi connectivity index (χ1v) is 12.1. The van der Waals surface area contributed by atoms with Crippen molar-refractivity contribution in [2.24, 2.45) is 0 Å². The van der Waals surface area contributed by atoms with Crippen LogP contribution in [-0.2, 0) is 32.7 Å². The summed E-state index contributed by atoms with van der Waals surface area (Å²) < 4.78 is 19.5. The van der Waals surface area contributed by atoms with Crippen molar-refractivity contribution in [2.45, 2.75) is 38.8 Å². The molecular weight excluding hydrogens is 440 g/mol. The van der Waals surface area contributed by atoms with Crippen molar-refractivity contribution in [3.8, 4) is 17.2 Å². The fourth-order valence-electron chi connectivity index (χ4n) is 5.74. The predicted octanol–water partition coefficient (Wildman–Crippen LogP) is 4.84. The molecule has 2 aliphatic rings. The number of ether oxygens (including phenoxy) is 3. The average molecular weight is 471 g/mol. The van der Waals surface area contributed by atoms with Crippen molar-refractivity contribution in [1.29, 1.82) is 0 Å². The highest BCUT2D eigenvalue weighted by Crippen LogP contribution is 2.45. The number of aromatic nitrogens is 1. The van der Waals surface area contributed by atoms with Crippen LogP contribution >= 0.6 is 0 Å². The van der Waals surface area contributed by atoms with Crippen LogP contribution in [0.25, 0.3) is 10.9 Å². The van der Waals surface area contributed by atoms with Gasteiger partial charge >= 0.3 is 0 Å². The van der Waals surface area contributed by atoms with Gasteiger partial charge in [-0.2, -0.15) is 0 Å². The van der Waals surface area contributed by atoms with Gasteiger partial charge in [0.1, 0.15) is 19.1 Å². The molecule has 4 aromatic rings. The van der Waals surface area contributed by atoms with E-state index in [1.165, 1.54) is 22.4 Å². The maximum absolute atomic E-state index is 10.2. The zero-order chi connectivity index (χ0) is 23.9. The summed E-state index contributed by atoms with van der Waals surface area (Å²) in [5.41, 5.74) is 7.31. The van der Waals surface area contributed by atoms with Crippen LogP contribution in [0.1, 0.15) is 34.0 Å². The number of nitrogens with zero attached hydrogens (tertiary/aromatic N) is 2. The lowest BCUT2D eigenvalue weighted by atomic mass is 9.85. The Balaban J connectivity index is 1.36. The average Bonchev–Trinajstić information content (AvgIpc) is 3.22. The molecule has 0 saturated heterocycles. The Bertz CT molecular complexity index is 1380. The van der Waals surface area contributed by atoms with Crippen molar-refractivity contribution < 1.29 is 19.3 Å². The van der Waals surface area contributed by atoms with E-state index in [-0.39, 0.29) is 12.8 Å². The molecule has 0 amide bonds. The van der Waals surface area contributed by atoms with Crippen molar-refractivity contribution in [2.75, 3.05) is 20.8 Å². The zero-order valence-electron chi connectivity index (χ0n) is 20.2. The maximum Gasteiger partial charge on any atom is 0.161 e. The van der Waals surface area contributed by atoms with Crippen LogP contribution in [0.5, 0.6) is 17.2 Å². The van der Waals surface area contributed by atoms with E-state index in [0.717, 1.165) is 59.6 Å². The molecule has 180 valence electrons. The van der Waals surface area contributed by atoms with E-state index in [4.69, 9.17) is 14.2 Å². The molecule has 0 radical (unpaired) electrons. The smallest absolute Gasteiger partial charge is 0.161 e. The Morgan fingerprint density at radius 1 is 0.971 bits per heavy atom. The fraction of sp³-hybridized carbons (Fsp3) is 0.310. The minimum atomic E-state index is -0.0246. The number of methoxy groups -OCH3 is 2. The molecular formula is C29H30N2O4. The summed E-state index contributed by atoms with van der Waals surface area (Å²) in [6.07, 6.45) is 1.84. The van der Waals surface area contributed by atoms with Crippen molar-refractivity contribution in [1.82, 2.24) is 9.47 Å². The maximum atomic E-state index is 10.2. The van der Waals surface area contributed by atoms with Crippen LogP contribution in [0.3, 0.4) is 0 Å². The Morgan fingerprint density at radius 3 is 2.60 bits per heavy atom. The van der Waals surface area contributed by atoms with Gasteiger partial charge in [0.15, 0.2) is 11.5 Å². The Hall–Kier alpha value is -3.48. The Morgan fingerprint density at radius 2 is 1.83 bits per heavy atom. The van der Waals surface area contributed by atoms with E-state index in [2.05, 4.69) is 41.3 Å². The van der Waals surface area contributed by atoms with Crippen LogP contribution in [0, 0.1) is 0 Å². The molecule has 3 heterocycles. The third kappa shape index (κ3) is 3.74. The van der Waals surface area contributed by atoms with E-state index in [1.807, 2.05) is 28.8 Å². The van der Waals surface area contributed by atoms with Crippen LogP contribution in [0.15, 0.2) is 60.7 Å². The van der Waals surface area contributed by atoms with Crippen LogP contribution < -0.4 is 14.2 Å². The molecule has 6 rings (SSSR count). The number of aliphatic hydroxyl groups is 1. The third-order valence-corrected chi connectivity index (χ3v) is 7.52. The monoisotopic (exact) mass is 470 g/mol. The molecule has 0 fully saturated rings. The third-order valence-electron chi connectivity index (χ3n) is 7.52. The highest BCUT2D eigenvalue weighted by molar-refractivity contribution is 5.87. The highest BCUT2D eigenvalue weighted by Gasteiger charge is 2.36. The second-order valence-corrected chi connectivity index (χ2v) is 9.29. The molecule has 1 atom stereocenters. The molecule has 2 aliphatic heterocycles. The zero-order valence-corrected chi connectivity index (χ0v) is 20.2. The first-order chi connectivity index (χ1) is 17.2. The lowest BCUT2D eigenvalue weighted by Crippen LogP contribution is -2.39. The number of benzene rings is 3. The quantitative estimate of drug-likeness (QED) is 0.437. The van der Waals surface area contributed by atoms with Gasteiger partial charge in [0.2, 0.25) is 0 Å². The van der Waals surface area contributed by atoms with Crippen LogP contribution in [0.2, 0.25) is 0 Å². The first-order valence-electron chi connectivity index (χ1n) is 12.1. The SMILES string of the molecule is COc1ccc2c(c1)c1c(n2CO)CN2CCc3cc(OCc4ccccc4)c(OC)cc3C2C1. The van der Waals surface area contributed by atoms with Gasteiger partial charge < -0.3 is 23.9 Å². The van der Waals surface area contributed by atoms with Crippen LogP contribution in [-0.4, -0.2) is 35.3 Å². The standard InChI is InChI=1S/C29H30N2O4/c1-33-21-8-9-25-23(13-21)24-14-26-22-15-28(34-2)29(35-17-19-6-4-3-5-7-19)12-20(22)10-11-30(26)16-27(24)31(25)18-32/h3-9,12-13,15,26,32H,10-11,14,16-18H2,1-2H3. The molecule has 6 heteroatoms. The fourth-order valence-corrected chi connectivity index (χ4v) is 5.74. The molecule has 0 saturated carbocycles. The number of rotatable bonds is 6. The molecule has 6 nitrogen and oxygen atoms in total. The summed E-state index contributed by atoms with van der Waals surface area (Å²) in [7, 11) is 3.40. The number of hydrogen-bond acceptors (Lipinski definition) is 5. The van der Waals surface area contributed by atoms with Crippen molar-refractivity contribution in [3.05, 3.63) is 88.6 Å². The minimum absolute atomic E-state index is 0.0246. The van der Waals surface area contributed by atoms with E-state index in [0.29, 0.717) is 6.61 Å². The molecule has 3 aromatic carbocycles. The predicted molar refractivity (Wildman–Crippen MR) is 135 cm³/mol. The molecule has 0 spiro atoms. The number of fused-ring (bicyclic) bond motifs is 6. The van der Waals surface area contributed by atoms with Gasteiger partial charge in [-0.05, 0) is 65.4 Å². The van der Waals surface area contributed by atoms with Gasteiger partial charge in [0.25, 0.3) is 0 Å². The van der Waals surface area contributed by atoms with Gasteiger partial charge in [0, 0.05) is 30.2 Å². The van der Waals surface area contributed by atoms with Crippen molar-refractivity contribution >= 4 is 10.9 Å². The van der Waals surface area contributed by atoms with Gasteiger partial charge in [-0.15, -0.1) is 0 Å². The van der Waals surface area contributed by atoms with Crippen LogP contribution in [0.4, 0.5) is 0 Å². The molecule has 35 heavy (non-hydrogen) atoms. The molecule has 0 bridgehead atoms. The lowest BCUT2D eigenvalue weighted by molar-refractivity contribution is 0.145. The van der Waals surface area contributed by atoms with E-state index in [1.54, 1.807) is 14.2 Å². The summed E-state index contributed by atoms with van der Waals surface area (Å²) in [6, 6.07) is 20.9. The molecule has 1 aromatic heterocycles. The van der Waals surface area contributed by atoms with Gasteiger partial charge in [-0.1, -0.05) is 30.3 Å². The molecule has 0 aliphatic carbocycles. The van der Waals surface area contributed by atoms with E-state index < -0.39 is 0 Å². The number of aliphatic hydroxyl groups excluding tert-OH is 1. The Labute approximate surface area is 205 Å². The van der Waals surface area contributed by atoms with Gasteiger partial charge in [0.05, 0.1) is 19.7 Å². The summed E-state index contributed by atoms with van der Waals surface area (Å²) in [5, 5.41) is 11.3. The highest BCUT2D eigenvalue weighted by atomic mass is 16.5. The molecule has 1 N–H and O–H groups in total. The normalized spacial score (nSPS) is 16.9. The van der Waals surface area contributed by atoms with Gasteiger partial charge in [-0.3, -0.25) is 4.90 Å².